The van der Waals surface area contributed by atoms with Crippen LogP contribution in [0.25, 0.3) is 0 Å². The Balaban J connectivity index is 1.88. The second kappa shape index (κ2) is 8.52. The molecule has 20 heavy (non-hydrogen) atoms. The van der Waals surface area contributed by atoms with Crippen molar-refractivity contribution in [2.45, 2.75) is 77.2 Å². The van der Waals surface area contributed by atoms with E-state index < -0.39 is 8.80 Å². The van der Waals surface area contributed by atoms with E-state index in [9.17, 15) is 0 Å². The quantitative estimate of drug-likeness (QED) is 0.585. The van der Waals surface area contributed by atoms with Gasteiger partial charge in [0.25, 0.3) is 0 Å². The first kappa shape index (κ1) is 16.5. The van der Waals surface area contributed by atoms with E-state index in [2.05, 4.69) is 13.8 Å². The minimum Gasteiger partial charge on any atom is -0.374 e. The van der Waals surface area contributed by atoms with Crippen LogP contribution in [0.3, 0.4) is 0 Å². The van der Waals surface area contributed by atoms with Crippen molar-refractivity contribution >= 4 is 8.80 Å². The van der Waals surface area contributed by atoms with Gasteiger partial charge >= 0.3 is 8.80 Å². The Labute approximate surface area is 125 Å². The van der Waals surface area contributed by atoms with Crippen LogP contribution in [-0.2, 0) is 13.3 Å². The Bertz CT molecular complexity index is 254. The fraction of sp³-hybridized carbons (Fsp3) is 1.00. The van der Waals surface area contributed by atoms with Gasteiger partial charge in [0.1, 0.15) is 0 Å². The molecule has 0 bridgehead atoms. The minimum atomic E-state index is -2.43. The Morgan fingerprint density at radius 3 is 1.90 bits per heavy atom. The van der Waals surface area contributed by atoms with Crippen molar-refractivity contribution in [2.75, 3.05) is 19.8 Å². The van der Waals surface area contributed by atoms with Crippen LogP contribution in [0.15, 0.2) is 0 Å². The molecule has 0 aromatic heterocycles. The molecule has 2 aliphatic carbocycles. The van der Waals surface area contributed by atoms with Crippen LogP contribution in [0.4, 0.5) is 0 Å². The molecule has 0 N–H and O–H groups in total. The Kier molecular flexibility index (Phi) is 7.01. The van der Waals surface area contributed by atoms with Gasteiger partial charge < -0.3 is 13.3 Å². The maximum atomic E-state index is 6.35. The maximum Gasteiger partial charge on any atom is 0.504 e. The van der Waals surface area contributed by atoms with E-state index in [0.717, 1.165) is 12.5 Å². The molecule has 0 heterocycles. The van der Waals surface area contributed by atoms with E-state index in [1.54, 1.807) is 0 Å². The molecule has 0 aliphatic heterocycles. The molecule has 0 spiro atoms. The largest absolute Gasteiger partial charge is 0.504 e. The molecule has 2 aliphatic rings. The zero-order chi connectivity index (χ0) is 14.3. The van der Waals surface area contributed by atoms with E-state index in [-0.39, 0.29) is 0 Å². The van der Waals surface area contributed by atoms with Crippen LogP contribution < -0.4 is 0 Å². The summed E-state index contributed by atoms with van der Waals surface area (Å²) in [6.07, 6.45) is 11.9. The van der Waals surface area contributed by atoms with Crippen molar-refractivity contribution in [1.82, 2.24) is 0 Å². The summed E-state index contributed by atoms with van der Waals surface area (Å²) in [6.45, 7) is 6.40. The third kappa shape index (κ3) is 4.29. The summed E-state index contributed by atoms with van der Waals surface area (Å²) in [7, 11) is -2.43. The summed E-state index contributed by atoms with van der Waals surface area (Å²) >= 11 is 0. The molecule has 4 heteroatoms. The molecule has 118 valence electrons. The van der Waals surface area contributed by atoms with Gasteiger partial charge in [-0.1, -0.05) is 38.5 Å². The summed E-state index contributed by atoms with van der Waals surface area (Å²) in [5.41, 5.74) is 0.547. The van der Waals surface area contributed by atoms with Gasteiger partial charge in [0.15, 0.2) is 0 Å². The highest BCUT2D eigenvalue weighted by Crippen LogP contribution is 2.40. The zero-order valence-corrected chi connectivity index (χ0v) is 14.4. The van der Waals surface area contributed by atoms with Crippen LogP contribution in [0.1, 0.15) is 71.6 Å². The molecule has 0 aromatic carbocycles. The molecule has 0 amide bonds. The van der Waals surface area contributed by atoms with Gasteiger partial charge in [-0.15, -0.1) is 0 Å². The normalized spacial score (nSPS) is 21.9. The summed E-state index contributed by atoms with van der Waals surface area (Å²) in [5, 5.41) is 0. The first-order valence-electron chi connectivity index (χ1n) is 8.72. The number of rotatable bonds is 9. The zero-order valence-electron chi connectivity index (χ0n) is 13.4. The highest BCUT2D eigenvalue weighted by Gasteiger charge is 2.50. The maximum absolute atomic E-state index is 6.35. The van der Waals surface area contributed by atoms with Gasteiger partial charge in [-0.25, -0.2) is 0 Å². The van der Waals surface area contributed by atoms with Crippen molar-refractivity contribution < 1.29 is 13.3 Å². The van der Waals surface area contributed by atoms with Crippen molar-refractivity contribution in [3.05, 3.63) is 0 Å². The lowest BCUT2D eigenvalue weighted by molar-refractivity contribution is 0.0532. The molecule has 2 rings (SSSR count). The van der Waals surface area contributed by atoms with E-state index in [1.807, 2.05) is 0 Å². The molecule has 0 unspecified atom stereocenters. The molecule has 0 atom stereocenters. The smallest absolute Gasteiger partial charge is 0.374 e. The van der Waals surface area contributed by atoms with Crippen LogP contribution in [0, 0.1) is 5.92 Å². The van der Waals surface area contributed by atoms with E-state index in [0.29, 0.717) is 18.8 Å². The van der Waals surface area contributed by atoms with E-state index in [1.165, 1.54) is 57.8 Å². The van der Waals surface area contributed by atoms with E-state index >= 15 is 0 Å². The SMILES string of the molecule is CCO[Si](OCC)(OCCC1CCCC1)C1CCCC1. The lowest BCUT2D eigenvalue weighted by atomic mass is 10.1. The lowest BCUT2D eigenvalue weighted by Crippen LogP contribution is -2.50. The highest BCUT2D eigenvalue weighted by molar-refractivity contribution is 6.62. The molecular weight excluding hydrogens is 268 g/mol. The molecule has 0 aromatic rings. The van der Waals surface area contributed by atoms with Crippen molar-refractivity contribution in [3.8, 4) is 0 Å². The molecule has 0 radical (unpaired) electrons. The van der Waals surface area contributed by atoms with Gasteiger partial charge in [-0.3, -0.25) is 0 Å². The number of hydrogen-bond acceptors (Lipinski definition) is 3. The third-order valence-corrected chi connectivity index (χ3v) is 8.42. The second-order valence-electron chi connectivity index (χ2n) is 6.24. The topological polar surface area (TPSA) is 27.7 Å². The average molecular weight is 301 g/mol. The first-order valence-corrected chi connectivity index (χ1v) is 10.5. The number of hydrogen-bond donors (Lipinski definition) is 0. The Morgan fingerprint density at radius 1 is 0.800 bits per heavy atom. The highest BCUT2D eigenvalue weighted by atomic mass is 28.4. The standard InChI is InChI=1S/C16H32O3Si/c1-3-17-20(18-4-2,16-11-7-8-12-16)19-14-13-15-9-5-6-10-15/h15-16H,3-14H2,1-2H3. The molecule has 0 saturated heterocycles. The summed E-state index contributed by atoms with van der Waals surface area (Å²) in [4.78, 5) is 0. The van der Waals surface area contributed by atoms with Crippen LogP contribution >= 0.6 is 0 Å². The molecule has 3 nitrogen and oxygen atoms in total. The Morgan fingerprint density at radius 2 is 1.35 bits per heavy atom. The Hall–Kier alpha value is 0.0969. The van der Waals surface area contributed by atoms with Gasteiger partial charge in [-0.2, -0.15) is 0 Å². The monoisotopic (exact) mass is 300 g/mol. The van der Waals surface area contributed by atoms with Crippen LogP contribution in [0.5, 0.6) is 0 Å². The molecular formula is C16H32O3Si. The predicted molar refractivity (Wildman–Crippen MR) is 83.8 cm³/mol. The van der Waals surface area contributed by atoms with Crippen molar-refractivity contribution in [1.29, 1.82) is 0 Å². The average Bonchev–Trinajstić information content (AvgIpc) is 3.12. The van der Waals surface area contributed by atoms with Gasteiger partial charge in [0.2, 0.25) is 0 Å². The molecule has 2 fully saturated rings. The van der Waals surface area contributed by atoms with Gasteiger partial charge in [-0.05, 0) is 39.0 Å². The van der Waals surface area contributed by atoms with E-state index in [4.69, 9.17) is 13.3 Å². The van der Waals surface area contributed by atoms with Crippen molar-refractivity contribution in [3.63, 3.8) is 0 Å². The molecule has 2 saturated carbocycles. The summed E-state index contributed by atoms with van der Waals surface area (Å²) < 4.78 is 18.6. The summed E-state index contributed by atoms with van der Waals surface area (Å²) in [5.74, 6) is 0.883. The van der Waals surface area contributed by atoms with Crippen molar-refractivity contribution in [2.24, 2.45) is 5.92 Å². The van der Waals surface area contributed by atoms with Crippen LogP contribution in [-0.4, -0.2) is 28.6 Å². The van der Waals surface area contributed by atoms with Gasteiger partial charge in [0, 0.05) is 25.4 Å². The fourth-order valence-electron chi connectivity index (χ4n) is 3.83. The summed E-state index contributed by atoms with van der Waals surface area (Å²) in [6, 6.07) is 0. The fourth-order valence-corrected chi connectivity index (χ4v) is 7.11. The van der Waals surface area contributed by atoms with Crippen LogP contribution in [0.2, 0.25) is 5.54 Å². The van der Waals surface area contributed by atoms with Gasteiger partial charge in [0.05, 0.1) is 0 Å². The predicted octanol–water partition coefficient (Wildman–Crippen LogP) is 4.54. The first-order chi connectivity index (χ1) is 9.80. The second-order valence-corrected chi connectivity index (χ2v) is 9.13. The third-order valence-electron chi connectivity index (χ3n) is 4.85. The lowest BCUT2D eigenvalue weighted by Gasteiger charge is -2.34. The minimum absolute atomic E-state index is 0.547.